The van der Waals surface area contributed by atoms with Crippen LogP contribution in [0.25, 0.3) is 0 Å². The molecule has 90 valence electrons. The zero-order valence-corrected chi connectivity index (χ0v) is 10.1. The summed E-state index contributed by atoms with van der Waals surface area (Å²) >= 11 is 0. The Bertz CT molecular complexity index is 388. The van der Waals surface area contributed by atoms with Gasteiger partial charge in [-0.3, -0.25) is 0 Å². The fraction of sp³-hybridized carbons (Fsp3) is 0.500. The summed E-state index contributed by atoms with van der Waals surface area (Å²) in [7, 11) is 0. The van der Waals surface area contributed by atoms with Crippen LogP contribution in [0.15, 0.2) is 24.3 Å². The van der Waals surface area contributed by atoms with Gasteiger partial charge in [-0.25, -0.2) is 0 Å². The molecule has 2 rings (SSSR count). The van der Waals surface area contributed by atoms with Crippen LogP contribution in [0.5, 0.6) is 0 Å². The molecule has 17 heavy (non-hydrogen) atoms. The van der Waals surface area contributed by atoms with Crippen LogP contribution in [0.2, 0.25) is 0 Å². The maximum atomic E-state index is 8.73. The average Bonchev–Trinajstić information content (AvgIpc) is 2.89. The summed E-state index contributed by atoms with van der Waals surface area (Å²) in [6.07, 6.45) is 2.71. The molecule has 3 nitrogen and oxygen atoms in total. The number of nitrogens with one attached hydrogen (secondary N) is 1. The van der Waals surface area contributed by atoms with E-state index < -0.39 is 0 Å². The van der Waals surface area contributed by atoms with Crippen molar-refractivity contribution in [2.75, 3.05) is 13.2 Å². The maximum absolute atomic E-state index is 8.73. The van der Waals surface area contributed by atoms with Gasteiger partial charge in [0.2, 0.25) is 0 Å². The molecule has 3 heteroatoms. The smallest absolute Gasteiger partial charge is 0.0991 e. The van der Waals surface area contributed by atoms with Crippen molar-refractivity contribution in [2.24, 2.45) is 0 Å². The zero-order chi connectivity index (χ0) is 12.1. The van der Waals surface area contributed by atoms with Crippen molar-refractivity contribution >= 4 is 0 Å². The molecule has 0 amide bonds. The molecule has 0 radical (unpaired) electrons. The fourth-order valence-electron chi connectivity index (χ4n) is 2.08. The van der Waals surface area contributed by atoms with Crippen molar-refractivity contribution in [2.45, 2.75) is 31.9 Å². The Morgan fingerprint density at radius 2 is 2.24 bits per heavy atom. The third-order valence-electron chi connectivity index (χ3n) is 3.22. The van der Waals surface area contributed by atoms with Gasteiger partial charge in [0, 0.05) is 19.2 Å². The van der Waals surface area contributed by atoms with E-state index in [1.54, 1.807) is 0 Å². The first-order chi connectivity index (χ1) is 8.29. The summed E-state index contributed by atoms with van der Waals surface area (Å²) < 4.78 is 5.57. The molecule has 1 N–H and O–H groups in total. The quantitative estimate of drug-likeness (QED) is 0.863. The SMILES string of the molecule is CC(NCC1CCCO1)c1ccc(C#N)cc1. The van der Waals surface area contributed by atoms with E-state index in [9.17, 15) is 0 Å². The van der Waals surface area contributed by atoms with E-state index in [2.05, 4.69) is 18.3 Å². The summed E-state index contributed by atoms with van der Waals surface area (Å²) in [4.78, 5) is 0. The van der Waals surface area contributed by atoms with E-state index in [0.29, 0.717) is 17.7 Å². The van der Waals surface area contributed by atoms with Gasteiger partial charge >= 0.3 is 0 Å². The summed E-state index contributed by atoms with van der Waals surface area (Å²) in [5.41, 5.74) is 1.92. The lowest BCUT2D eigenvalue weighted by Gasteiger charge is -2.17. The van der Waals surface area contributed by atoms with Crippen molar-refractivity contribution in [1.29, 1.82) is 5.26 Å². The van der Waals surface area contributed by atoms with Crippen molar-refractivity contribution in [3.05, 3.63) is 35.4 Å². The van der Waals surface area contributed by atoms with Gasteiger partial charge in [0.05, 0.1) is 17.7 Å². The third-order valence-corrected chi connectivity index (χ3v) is 3.22. The van der Waals surface area contributed by atoms with E-state index in [1.807, 2.05) is 24.3 Å². The zero-order valence-electron chi connectivity index (χ0n) is 10.1. The van der Waals surface area contributed by atoms with Gasteiger partial charge in [-0.15, -0.1) is 0 Å². The van der Waals surface area contributed by atoms with Crippen LogP contribution < -0.4 is 5.32 Å². The number of ether oxygens (including phenoxy) is 1. The lowest BCUT2D eigenvalue weighted by molar-refractivity contribution is 0.108. The van der Waals surface area contributed by atoms with E-state index in [1.165, 1.54) is 12.0 Å². The molecule has 1 aliphatic heterocycles. The molecule has 0 bridgehead atoms. The molecule has 1 fully saturated rings. The molecular weight excluding hydrogens is 212 g/mol. The van der Waals surface area contributed by atoms with Gasteiger partial charge in [0.25, 0.3) is 0 Å². The van der Waals surface area contributed by atoms with Gasteiger partial charge in [0.15, 0.2) is 0 Å². The van der Waals surface area contributed by atoms with Crippen LogP contribution in [-0.2, 0) is 4.74 Å². The molecule has 1 aromatic carbocycles. The second-order valence-corrected chi connectivity index (χ2v) is 4.50. The average molecular weight is 230 g/mol. The highest BCUT2D eigenvalue weighted by Gasteiger charge is 2.16. The molecule has 1 heterocycles. The monoisotopic (exact) mass is 230 g/mol. The van der Waals surface area contributed by atoms with Crippen LogP contribution >= 0.6 is 0 Å². The Morgan fingerprint density at radius 1 is 1.47 bits per heavy atom. The minimum atomic E-state index is 0.298. The van der Waals surface area contributed by atoms with Gasteiger partial charge in [-0.05, 0) is 37.5 Å². The van der Waals surface area contributed by atoms with Crippen LogP contribution in [0.1, 0.15) is 36.9 Å². The molecule has 0 saturated carbocycles. The Balaban J connectivity index is 1.85. The summed E-state index contributed by atoms with van der Waals surface area (Å²) in [5.74, 6) is 0. The predicted octanol–water partition coefficient (Wildman–Crippen LogP) is 2.39. The van der Waals surface area contributed by atoms with Gasteiger partial charge in [-0.1, -0.05) is 12.1 Å². The first-order valence-corrected chi connectivity index (χ1v) is 6.14. The van der Waals surface area contributed by atoms with Crippen molar-refractivity contribution in [3.8, 4) is 6.07 Å². The second-order valence-electron chi connectivity index (χ2n) is 4.50. The molecule has 1 aromatic rings. The minimum absolute atomic E-state index is 0.298. The lowest BCUT2D eigenvalue weighted by Crippen LogP contribution is -2.28. The highest BCUT2D eigenvalue weighted by molar-refractivity contribution is 5.32. The largest absolute Gasteiger partial charge is 0.377 e. The normalized spacial score (nSPS) is 21.1. The highest BCUT2D eigenvalue weighted by atomic mass is 16.5. The van der Waals surface area contributed by atoms with Gasteiger partial charge in [0.1, 0.15) is 0 Å². The van der Waals surface area contributed by atoms with Crippen LogP contribution in [0.4, 0.5) is 0 Å². The molecule has 2 atom stereocenters. The number of benzene rings is 1. The van der Waals surface area contributed by atoms with E-state index in [0.717, 1.165) is 19.6 Å². The fourth-order valence-corrected chi connectivity index (χ4v) is 2.08. The highest BCUT2D eigenvalue weighted by Crippen LogP contribution is 2.15. The number of rotatable bonds is 4. The molecule has 1 aliphatic rings. The third kappa shape index (κ3) is 3.29. The molecule has 0 spiro atoms. The number of nitrogens with zero attached hydrogens (tertiary/aromatic N) is 1. The van der Waals surface area contributed by atoms with E-state index >= 15 is 0 Å². The van der Waals surface area contributed by atoms with Crippen molar-refractivity contribution < 1.29 is 4.74 Å². The Morgan fingerprint density at radius 3 is 2.82 bits per heavy atom. The first kappa shape index (κ1) is 12.1. The Labute approximate surface area is 102 Å². The van der Waals surface area contributed by atoms with Crippen molar-refractivity contribution in [1.82, 2.24) is 5.32 Å². The van der Waals surface area contributed by atoms with Crippen LogP contribution in [0, 0.1) is 11.3 Å². The second kappa shape index (κ2) is 5.81. The lowest BCUT2D eigenvalue weighted by atomic mass is 10.1. The molecule has 2 unspecified atom stereocenters. The van der Waals surface area contributed by atoms with Crippen molar-refractivity contribution in [3.63, 3.8) is 0 Å². The van der Waals surface area contributed by atoms with E-state index in [-0.39, 0.29) is 0 Å². The standard InChI is InChI=1S/C14H18N2O/c1-11(16-10-14-3-2-8-17-14)13-6-4-12(9-15)5-7-13/h4-7,11,14,16H,2-3,8,10H2,1H3. The van der Waals surface area contributed by atoms with Gasteiger partial charge < -0.3 is 10.1 Å². The van der Waals surface area contributed by atoms with Crippen LogP contribution in [-0.4, -0.2) is 19.3 Å². The first-order valence-electron chi connectivity index (χ1n) is 6.14. The van der Waals surface area contributed by atoms with Gasteiger partial charge in [-0.2, -0.15) is 5.26 Å². The maximum Gasteiger partial charge on any atom is 0.0991 e. The number of hydrogen-bond donors (Lipinski definition) is 1. The summed E-state index contributed by atoms with van der Waals surface area (Å²) in [5, 5.41) is 12.2. The Hall–Kier alpha value is -1.37. The topological polar surface area (TPSA) is 45.0 Å². The van der Waals surface area contributed by atoms with Crippen LogP contribution in [0.3, 0.4) is 0 Å². The van der Waals surface area contributed by atoms with E-state index in [4.69, 9.17) is 10.00 Å². The summed E-state index contributed by atoms with van der Waals surface area (Å²) in [6, 6.07) is 10.2. The molecular formula is C14H18N2O. The summed E-state index contributed by atoms with van der Waals surface area (Å²) in [6.45, 7) is 3.94. The minimum Gasteiger partial charge on any atom is -0.377 e. The number of hydrogen-bond acceptors (Lipinski definition) is 3. The number of nitriles is 1. The molecule has 0 aliphatic carbocycles. The molecule has 1 saturated heterocycles. The molecule has 0 aromatic heterocycles. The predicted molar refractivity (Wildman–Crippen MR) is 66.5 cm³/mol. The Kier molecular flexibility index (Phi) is 4.13.